The zero-order valence-corrected chi connectivity index (χ0v) is 14.9. The summed E-state index contributed by atoms with van der Waals surface area (Å²) in [5, 5.41) is 3.16. The molecule has 0 saturated carbocycles. The third kappa shape index (κ3) is 5.51. The molecular weight excluding hydrogens is 322 g/mol. The second kappa shape index (κ2) is 9.90. The van der Waals surface area contributed by atoms with Crippen molar-refractivity contribution in [2.24, 2.45) is 0 Å². The molecule has 0 atom stereocenters. The number of benzene rings is 2. The summed E-state index contributed by atoms with van der Waals surface area (Å²) in [7, 11) is 1.66. The first-order chi connectivity index (χ1) is 11.7. The van der Waals surface area contributed by atoms with Gasteiger partial charge in [-0.25, -0.2) is 0 Å². The molecule has 0 heterocycles. The van der Waals surface area contributed by atoms with Crippen LogP contribution in [0.4, 0.5) is 0 Å². The molecular formula is C19H23NO3S. The maximum absolute atomic E-state index is 5.90. The molecule has 4 nitrogen and oxygen atoms in total. The van der Waals surface area contributed by atoms with Crippen molar-refractivity contribution in [1.82, 2.24) is 5.32 Å². The Labute approximate surface area is 148 Å². The molecule has 0 radical (unpaired) electrons. The summed E-state index contributed by atoms with van der Waals surface area (Å²) in [6.07, 6.45) is 0. The van der Waals surface area contributed by atoms with Gasteiger partial charge in [0, 0.05) is 19.2 Å². The summed E-state index contributed by atoms with van der Waals surface area (Å²) in [5.74, 6) is 1.41. The second-order valence-electron chi connectivity index (χ2n) is 5.12. The SMILES string of the molecule is CCOc1cc(C(=S)NCCOC)ccc1OCc1ccccc1. The van der Waals surface area contributed by atoms with E-state index in [0.29, 0.717) is 42.9 Å². The summed E-state index contributed by atoms with van der Waals surface area (Å²) in [4.78, 5) is 0.669. The van der Waals surface area contributed by atoms with Gasteiger partial charge in [0.25, 0.3) is 0 Å². The fourth-order valence-electron chi connectivity index (χ4n) is 2.14. The van der Waals surface area contributed by atoms with E-state index in [-0.39, 0.29) is 0 Å². The van der Waals surface area contributed by atoms with Gasteiger partial charge < -0.3 is 19.5 Å². The van der Waals surface area contributed by atoms with Gasteiger partial charge in [0.2, 0.25) is 0 Å². The summed E-state index contributed by atoms with van der Waals surface area (Å²) in [6, 6.07) is 15.8. The quantitative estimate of drug-likeness (QED) is 0.556. The van der Waals surface area contributed by atoms with Crippen LogP contribution in [0.2, 0.25) is 0 Å². The van der Waals surface area contributed by atoms with Gasteiger partial charge >= 0.3 is 0 Å². The van der Waals surface area contributed by atoms with Crippen LogP contribution in [0.3, 0.4) is 0 Å². The first kappa shape index (κ1) is 18.2. The van der Waals surface area contributed by atoms with E-state index in [1.807, 2.05) is 55.5 Å². The third-order valence-electron chi connectivity index (χ3n) is 3.33. The van der Waals surface area contributed by atoms with Crippen LogP contribution in [-0.2, 0) is 11.3 Å². The molecule has 0 aliphatic heterocycles. The van der Waals surface area contributed by atoms with Crippen molar-refractivity contribution >= 4 is 17.2 Å². The lowest BCUT2D eigenvalue weighted by Gasteiger charge is -2.14. The van der Waals surface area contributed by atoms with Crippen molar-refractivity contribution in [3.8, 4) is 11.5 Å². The molecule has 2 aromatic rings. The predicted octanol–water partition coefficient (Wildman–Crippen LogP) is 3.58. The Morgan fingerprint density at radius 2 is 1.83 bits per heavy atom. The highest BCUT2D eigenvalue weighted by atomic mass is 32.1. The van der Waals surface area contributed by atoms with E-state index in [4.69, 9.17) is 26.4 Å². The number of methoxy groups -OCH3 is 1. The summed E-state index contributed by atoms with van der Waals surface area (Å²) >= 11 is 5.40. The number of hydrogen-bond donors (Lipinski definition) is 1. The van der Waals surface area contributed by atoms with Crippen molar-refractivity contribution in [2.45, 2.75) is 13.5 Å². The fourth-order valence-corrected chi connectivity index (χ4v) is 2.37. The fraction of sp³-hybridized carbons (Fsp3) is 0.316. The van der Waals surface area contributed by atoms with E-state index in [2.05, 4.69) is 5.32 Å². The minimum atomic E-state index is 0.497. The lowest BCUT2D eigenvalue weighted by atomic mass is 10.2. The normalized spacial score (nSPS) is 10.2. The van der Waals surface area contributed by atoms with Crippen molar-refractivity contribution in [2.75, 3.05) is 26.9 Å². The Kier molecular flexibility index (Phi) is 7.52. The lowest BCUT2D eigenvalue weighted by Crippen LogP contribution is -2.26. The molecule has 24 heavy (non-hydrogen) atoms. The van der Waals surface area contributed by atoms with Gasteiger partial charge in [0.05, 0.1) is 13.2 Å². The molecule has 0 fully saturated rings. The molecule has 1 N–H and O–H groups in total. The maximum atomic E-state index is 5.90. The highest BCUT2D eigenvalue weighted by molar-refractivity contribution is 7.80. The minimum Gasteiger partial charge on any atom is -0.490 e. The monoisotopic (exact) mass is 345 g/mol. The average molecular weight is 345 g/mol. The summed E-state index contributed by atoms with van der Waals surface area (Å²) in [6.45, 7) is 4.29. The molecule has 0 unspecified atom stereocenters. The highest BCUT2D eigenvalue weighted by Gasteiger charge is 2.09. The Morgan fingerprint density at radius 1 is 1.04 bits per heavy atom. The number of thiocarbonyl (C=S) groups is 1. The van der Waals surface area contributed by atoms with E-state index >= 15 is 0 Å². The van der Waals surface area contributed by atoms with E-state index in [1.165, 1.54) is 0 Å². The smallest absolute Gasteiger partial charge is 0.161 e. The molecule has 2 aromatic carbocycles. The molecule has 0 bridgehead atoms. The molecule has 5 heteroatoms. The Hall–Kier alpha value is -2.11. The Morgan fingerprint density at radius 3 is 2.54 bits per heavy atom. The second-order valence-corrected chi connectivity index (χ2v) is 5.53. The molecule has 0 saturated heterocycles. The molecule has 0 amide bonds. The largest absolute Gasteiger partial charge is 0.490 e. The lowest BCUT2D eigenvalue weighted by molar-refractivity contribution is 0.204. The topological polar surface area (TPSA) is 39.7 Å². The van der Waals surface area contributed by atoms with Crippen LogP contribution >= 0.6 is 12.2 Å². The Bertz CT molecular complexity index is 646. The number of ether oxygens (including phenoxy) is 3. The predicted molar refractivity (Wildman–Crippen MR) is 100.0 cm³/mol. The van der Waals surface area contributed by atoms with Gasteiger partial charge in [0.15, 0.2) is 11.5 Å². The van der Waals surface area contributed by atoms with Crippen LogP contribution in [0, 0.1) is 0 Å². The van der Waals surface area contributed by atoms with E-state index in [0.717, 1.165) is 11.1 Å². The number of hydrogen-bond acceptors (Lipinski definition) is 4. The number of nitrogens with one attached hydrogen (secondary N) is 1. The standard InChI is InChI=1S/C19H23NO3S/c1-3-22-18-13-16(19(24)20-11-12-21-2)9-10-17(18)23-14-15-7-5-4-6-8-15/h4-10,13H,3,11-12,14H2,1-2H3,(H,20,24). The zero-order chi connectivity index (χ0) is 17.2. The average Bonchev–Trinajstić information content (AvgIpc) is 2.62. The van der Waals surface area contributed by atoms with Crippen LogP contribution in [0.15, 0.2) is 48.5 Å². The van der Waals surface area contributed by atoms with Crippen molar-refractivity contribution in [3.63, 3.8) is 0 Å². The van der Waals surface area contributed by atoms with Crippen molar-refractivity contribution < 1.29 is 14.2 Å². The van der Waals surface area contributed by atoms with E-state index < -0.39 is 0 Å². The summed E-state index contributed by atoms with van der Waals surface area (Å²) in [5.41, 5.74) is 2.01. The molecule has 0 spiro atoms. The first-order valence-electron chi connectivity index (χ1n) is 7.95. The van der Waals surface area contributed by atoms with Crippen LogP contribution in [0.1, 0.15) is 18.1 Å². The van der Waals surface area contributed by atoms with Gasteiger partial charge in [-0.15, -0.1) is 0 Å². The molecule has 0 aliphatic carbocycles. The highest BCUT2D eigenvalue weighted by Crippen LogP contribution is 2.29. The zero-order valence-electron chi connectivity index (χ0n) is 14.1. The van der Waals surface area contributed by atoms with Crippen LogP contribution in [-0.4, -0.2) is 31.9 Å². The van der Waals surface area contributed by atoms with Gasteiger partial charge in [-0.1, -0.05) is 42.5 Å². The first-order valence-corrected chi connectivity index (χ1v) is 8.36. The Balaban J connectivity index is 2.06. The van der Waals surface area contributed by atoms with Crippen molar-refractivity contribution in [3.05, 3.63) is 59.7 Å². The van der Waals surface area contributed by atoms with Crippen LogP contribution < -0.4 is 14.8 Å². The van der Waals surface area contributed by atoms with Gasteiger partial charge in [-0.05, 0) is 30.7 Å². The van der Waals surface area contributed by atoms with Crippen LogP contribution in [0.25, 0.3) is 0 Å². The van der Waals surface area contributed by atoms with Gasteiger partial charge in [0.1, 0.15) is 11.6 Å². The van der Waals surface area contributed by atoms with Gasteiger partial charge in [-0.3, -0.25) is 0 Å². The molecule has 2 rings (SSSR count). The van der Waals surface area contributed by atoms with E-state index in [9.17, 15) is 0 Å². The van der Waals surface area contributed by atoms with Crippen molar-refractivity contribution in [1.29, 1.82) is 0 Å². The third-order valence-corrected chi connectivity index (χ3v) is 3.71. The maximum Gasteiger partial charge on any atom is 0.161 e. The van der Waals surface area contributed by atoms with E-state index in [1.54, 1.807) is 7.11 Å². The molecule has 0 aliphatic rings. The minimum absolute atomic E-state index is 0.497. The molecule has 0 aromatic heterocycles. The van der Waals surface area contributed by atoms with Crippen LogP contribution in [0.5, 0.6) is 11.5 Å². The summed E-state index contributed by atoms with van der Waals surface area (Å²) < 4.78 is 16.6. The van der Waals surface area contributed by atoms with Gasteiger partial charge in [-0.2, -0.15) is 0 Å². The number of rotatable bonds is 9. The molecule has 128 valence electrons.